The third-order valence-corrected chi connectivity index (χ3v) is 6.75. The molecule has 0 unspecified atom stereocenters. The zero-order valence-electron chi connectivity index (χ0n) is 21.1. The van der Waals surface area contributed by atoms with Gasteiger partial charge in [-0.1, -0.05) is 35.6 Å². The van der Waals surface area contributed by atoms with Crippen LogP contribution in [0.1, 0.15) is 27.0 Å². The first-order chi connectivity index (χ1) is 18.5. The van der Waals surface area contributed by atoms with E-state index in [0.717, 1.165) is 29.8 Å². The fraction of sp³-hybridized carbons (Fsp3) is 0.276. The smallest absolute Gasteiger partial charge is 0.257 e. The maximum Gasteiger partial charge on any atom is 0.257 e. The van der Waals surface area contributed by atoms with Crippen LogP contribution in [0.25, 0.3) is 10.9 Å². The summed E-state index contributed by atoms with van der Waals surface area (Å²) in [6.45, 7) is 4.46. The Morgan fingerprint density at radius 2 is 1.95 bits per heavy atom. The zero-order valence-corrected chi connectivity index (χ0v) is 21.9. The number of benzene rings is 2. The minimum absolute atomic E-state index is 0.0924. The molecule has 8 nitrogen and oxygen atoms in total. The largest absolute Gasteiger partial charge is 0.379 e. The molecule has 0 aliphatic carbocycles. The second-order valence-corrected chi connectivity index (χ2v) is 9.69. The first-order valence-electron chi connectivity index (χ1n) is 12.4. The van der Waals surface area contributed by atoms with Gasteiger partial charge in [-0.05, 0) is 35.4 Å². The molecule has 1 aliphatic rings. The van der Waals surface area contributed by atoms with Crippen molar-refractivity contribution in [3.63, 3.8) is 0 Å². The average molecular weight is 530 g/mol. The summed E-state index contributed by atoms with van der Waals surface area (Å²) in [4.78, 5) is 33.1. The van der Waals surface area contributed by atoms with Crippen molar-refractivity contribution in [2.24, 2.45) is 7.05 Å². The molecule has 3 heterocycles. The third-order valence-electron chi connectivity index (χ3n) is 6.50. The summed E-state index contributed by atoms with van der Waals surface area (Å²) in [7, 11) is 1.83. The Hall–Kier alpha value is -3.90. The Labute approximate surface area is 225 Å². The number of ether oxygens (including phenoxy) is 1. The van der Waals surface area contributed by atoms with Crippen molar-refractivity contribution in [1.82, 2.24) is 24.3 Å². The van der Waals surface area contributed by atoms with Crippen LogP contribution in [0.4, 0.5) is 0 Å². The number of aromatic nitrogens is 3. The lowest BCUT2D eigenvalue weighted by Gasteiger charge is -2.26. The van der Waals surface area contributed by atoms with E-state index in [1.807, 2.05) is 46.6 Å². The van der Waals surface area contributed by atoms with Gasteiger partial charge in [0.25, 0.3) is 5.91 Å². The number of carbonyl (C=O) groups is 1. The molecule has 1 saturated heterocycles. The molecular weight excluding hydrogens is 502 g/mol. The SMILES string of the molecule is Cn1cc(C(=O)NCc2ccc(Cl)cc2)c(=O)c2cc(CN3CCOCC3)cc(C#CCn3ccnc3)c21. The van der Waals surface area contributed by atoms with E-state index in [-0.39, 0.29) is 11.0 Å². The molecule has 0 spiro atoms. The van der Waals surface area contributed by atoms with Crippen LogP contribution in [-0.4, -0.2) is 51.2 Å². The quantitative estimate of drug-likeness (QED) is 0.388. The van der Waals surface area contributed by atoms with Crippen LogP contribution in [0.5, 0.6) is 0 Å². The van der Waals surface area contributed by atoms with Gasteiger partial charge >= 0.3 is 0 Å². The molecule has 2 aromatic carbocycles. The van der Waals surface area contributed by atoms with Gasteiger partial charge in [-0.15, -0.1) is 0 Å². The molecule has 5 rings (SSSR count). The fourth-order valence-corrected chi connectivity index (χ4v) is 4.69. The summed E-state index contributed by atoms with van der Waals surface area (Å²) in [6, 6.07) is 11.1. The van der Waals surface area contributed by atoms with Gasteiger partial charge in [0.05, 0.1) is 31.6 Å². The number of morpholine rings is 1. The molecule has 194 valence electrons. The Bertz CT molecular complexity index is 1560. The number of amides is 1. The Kier molecular flexibility index (Phi) is 7.89. The lowest BCUT2D eigenvalue weighted by Crippen LogP contribution is -2.35. The number of hydrogen-bond donors (Lipinski definition) is 1. The normalized spacial score (nSPS) is 13.7. The van der Waals surface area contributed by atoms with E-state index in [1.165, 1.54) is 0 Å². The Morgan fingerprint density at radius 1 is 1.16 bits per heavy atom. The van der Waals surface area contributed by atoms with E-state index < -0.39 is 5.91 Å². The van der Waals surface area contributed by atoms with Crippen molar-refractivity contribution < 1.29 is 9.53 Å². The fourth-order valence-electron chi connectivity index (χ4n) is 4.56. The van der Waals surface area contributed by atoms with Crippen LogP contribution in [0.15, 0.2) is 66.1 Å². The molecular formula is C29H28ClN5O3. The van der Waals surface area contributed by atoms with E-state index >= 15 is 0 Å². The maximum absolute atomic E-state index is 13.6. The second kappa shape index (κ2) is 11.7. The topological polar surface area (TPSA) is 81.4 Å². The molecule has 1 amide bonds. The standard InChI is InChI=1S/C29H28ClN5O3/c1-33-19-26(29(37)32-17-21-4-6-24(30)7-5-21)28(36)25-16-22(18-34-11-13-38-14-12-34)15-23(27(25)33)3-2-9-35-10-8-31-20-35/h4-8,10,15-16,19-20H,9,11-14,17-18H2,1H3,(H,32,37). The zero-order chi connectivity index (χ0) is 26.5. The highest BCUT2D eigenvalue weighted by Gasteiger charge is 2.18. The number of rotatable bonds is 6. The molecule has 0 saturated carbocycles. The van der Waals surface area contributed by atoms with Crippen LogP contribution in [0.2, 0.25) is 5.02 Å². The van der Waals surface area contributed by atoms with Crippen LogP contribution in [0.3, 0.4) is 0 Å². The van der Waals surface area contributed by atoms with E-state index in [9.17, 15) is 9.59 Å². The lowest BCUT2D eigenvalue weighted by atomic mass is 10.0. The van der Waals surface area contributed by atoms with Crippen molar-refractivity contribution in [2.75, 3.05) is 26.3 Å². The summed E-state index contributed by atoms with van der Waals surface area (Å²) in [5, 5.41) is 3.96. The van der Waals surface area contributed by atoms with Crippen molar-refractivity contribution in [3.8, 4) is 11.8 Å². The van der Waals surface area contributed by atoms with E-state index in [0.29, 0.717) is 48.8 Å². The van der Waals surface area contributed by atoms with Crippen molar-refractivity contribution in [2.45, 2.75) is 19.6 Å². The summed E-state index contributed by atoms with van der Waals surface area (Å²) in [5.74, 6) is 6.03. The third kappa shape index (κ3) is 5.97. The molecule has 0 atom stereocenters. The van der Waals surface area contributed by atoms with Crippen molar-refractivity contribution in [1.29, 1.82) is 0 Å². The molecule has 9 heteroatoms. The highest BCUT2D eigenvalue weighted by Crippen LogP contribution is 2.21. The monoisotopic (exact) mass is 529 g/mol. The maximum atomic E-state index is 13.6. The van der Waals surface area contributed by atoms with Crippen LogP contribution < -0.4 is 10.7 Å². The number of nitrogens with one attached hydrogen (secondary N) is 1. The van der Waals surface area contributed by atoms with Crippen LogP contribution in [-0.2, 0) is 31.4 Å². The predicted molar refractivity (Wildman–Crippen MR) is 147 cm³/mol. The number of pyridine rings is 1. The van der Waals surface area contributed by atoms with Gasteiger partial charge in [0.2, 0.25) is 5.43 Å². The second-order valence-electron chi connectivity index (χ2n) is 9.26. The molecule has 4 aromatic rings. The van der Waals surface area contributed by atoms with Gasteiger partial charge in [0, 0.05) is 67.8 Å². The van der Waals surface area contributed by atoms with Gasteiger partial charge in [-0.25, -0.2) is 4.98 Å². The number of halogens is 1. The van der Waals surface area contributed by atoms with E-state index in [2.05, 4.69) is 27.0 Å². The number of fused-ring (bicyclic) bond motifs is 1. The molecule has 0 bridgehead atoms. The average Bonchev–Trinajstić information content (AvgIpc) is 3.44. The molecule has 38 heavy (non-hydrogen) atoms. The lowest BCUT2D eigenvalue weighted by molar-refractivity contribution is 0.0342. The number of nitrogens with zero attached hydrogens (tertiary/aromatic N) is 4. The van der Waals surface area contributed by atoms with Gasteiger partial charge in [0.1, 0.15) is 5.56 Å². The van der Waals surface area contributed by atoms with E-state index in [4.69, 9.17) is 16.3 Å². The summed E-state index contributed by atoms with van der Waals surface area (Å²) in [5.41, 5.74) is 3.10. The first-order valence-corrected chi connectivity index (χ1v) is 12.8. The highest BCUT2D eigenvalue weighted by molar-refractivity contribution is 6.30. The summed E-state index contributed by atoms with van der Waals surface area (Å²) < 4.78 is 9.18. The first kappa shape index (κ1) is 25.7. The molecule has 1 fully saturated rings. The molecule has 2 aromatic heterocycles. The number of hydrogen-bond acceptors (Lipinski definition) is 5. The van der Waals surface area contributed by atoms with Gasteiger partial charge in [-0.3, -0.25) is 14.5 Å². The highest BCUT2D eigenvalue weighted by atomic mass is 35.5. The Balaban J connectivity index is 1.50. The minimum Gasteiger partial charge on any atom is -0.379 e. The van der Waals surface area contributed by atoms with Crippen LogP contribution in [0, 0.1) is 11.8 Å². The van der Waals surface area contributed by atoms with Gasteiger partial charge < -0.3 is 19.2 Å². The van der Waals surface area contributed by atoms with Crippen molar-refractivity contribution >= 4 is 28.4 Å². The number of imidazole rings is 1. The van der Waals surface area contributed by atoms with E-state index in [1.54, 1.807) is 30.9 Å². The predicted octanol–water partition coefficient (Wildman–Crippen LogP) is 3.20. The number of carbonyl (C=O) groups excluding carboxylic acids is 1. The Morgan fingerprint density at radius 3 is 2.68 bits per heavy atom. The molecule has 1 aliphatic heterocycles. The number of aryl methyl sites for hydroxylation is 1. The molecule has 1 N–H and O–H groups in total. The van der Waals surface area contributed by atoms with Gasteiger partial charge in [-0.2, -0.15) is 0 Å². The van der Waals surface area contributed by atoms with Crippen LogP contribution >= 0.6 is 11.6 Å². The summed E-state index contributed by atoms with van der Waals surface area (Å²) >= 11 is 5.95. The molecule has 0 radical (unpaired) electrons. The minimum atomic E-state index is -0.422. The van der Waals surface area contributed by atoms with Crippen molar-refractivity contribution in [3.05, 3.63) is 98.8 Å². The van der Waals surface area contributed by atoms with Gasteiger partial charge in [0.15, 0.2) is 0 Å². The summed E-state index contributed by atoms with van der Waals surface area (Å²) in [6.07, 6.45) is 6.87.